The van der Waals surface area contributed by atoms with E-state index in [0.717, 1.165) is 0 Å². The van der Waals surface area contributed by atoms with E-state index in [2.05, 4.69) is 82.5 Å². The van der Waals surface area contributed by atoms with Crippen molar-refractivity contribution in [1.82, 2.24) is 0 Å². The van der Waals surface area contributed by atoms with Crippen molar-refractivity contribution in [3.8, 4) is 0 Å². The van der Waals surface area contributed by atoms with E-state index in [9.17, 15) is 0 Å². The Balaban J connectivity index is 0.890. The highest BCUT2D eigenvalue weighted by Crippen LogP contribution is 2.59. The molecule has 0 atom stereocenters. The van der Waals surface area contributed by atoms with E-state index < -0.39 is 0 Å². The molecule has 0 N–H and O–H groups in total. The van der Waals surface area contributed by atoms with Crippen molar-refractivity contribution < 1.29 is 0 Å². The third kappa shape index (κ3) is 27.5. The summed E-state index contributed by atoms with van der Waals surface area (Å²) in [5, 5.41) is 9.71. The molecule has 4 aliphatic rings. The fourth-order valence-electron chi connectivity index (χ4n) is 7.83. The van der Waals surface area contributed by atoms with Crippen LogP contribution in [0.5, 0.6) is 0 Å². The quantitative estimate of drug-likeness (QED) is 0.0542. The molecular weight excluding hydrogens is 933 g/mol. The van der Waals surface area contributed by atoms with E-state index in [-0.39, 0.29) is 0 Å². The number of hydrogen-bond acceptors (Lipinski definition) is 10. The summed E-state index contributed by atoms with van der Waals surface area (Å²) in [5.74, 6) is 2.50. The van der Waals surface area contributed by atoms with Gasteiger partial charge in [0, 0.05) is 0 Å². The lowest BCUT2D eigenvalue weighted by Crippen LogP contribution is -1.84. The Bertz CT molecular complexity index is 1240. The van der Waals surface area contributed by atoms with Gasteiger partial charge in [-0.25, -0.2) is 0 Å². The lowest BCUT2D eigenvalue weighted by molar-refractivity contribution is 0.532. The molecular formula is C51H84S10. The van der Waals surface area contributed by atoms with Gasteiger partial charge in [0.15, 0.2) is 0 Å². The summed E-state index contributed by atoms with van der Waals surface area (Å²) in [4.78, 5) is 3.20. The molecule has 0 aromatic carbocycles. The van der Waals surface area contributed by atoms with E-state index in [0.29, 0.717) is 0 Å². The Morgan fingerprint density at radius 3 is 0.885 bits per heavy atom. The second-order valence-corrected chi connectivity index (χ2v) is 28.9. The van der Waals surface area contributed by atoms with Crippen molar-refractivity contribution in [2.75, 3.05) is 11.5 Å². The maximum Gasteiger partial charge on any atom is 0.0705 e. The van der Waals surface area contributed by atoms with Crippen LogP contribution in [-0.2, 0) is 0 Å². The third-order valence-corrected chi connectivity index (χ3v) is 25.2. The lowest BCUT2D eigenvalue weighted by Gasteiger charge is -2.06. The molecule has 10 heteroatoms. The van der Waals surface area contributed by atoms with Crippen LogP contribution in [0.3, 0.4) is 0 Å². The monoisotopic (exact) mass is 1020 g/mol. The Kier molecular flexibility index (Phi) is 35.4. The molecule has 0 radical (unpaired) electrons. The smallest absolute Gasteiger partial charge is 0.0705 e. The topological polar surface area (TPSA) is 0 Å². The van der Waals surface area contributed by atoms with Crippen LogP contribution >= 0.6 is 118 Å². The number of unbranched alkanes of at least 4 members (excludes halogenated alkanes) is 30. The summed E-state index contributed by atoms with van der Waals surface area (Å²) < 4.78 is 9.13. The summed E-state index contributed by atoms with van der Waals surface area (Å²) in [7, 11) is 0. The molecule has 0 aromatic rings. The Morgan fingerprint density at radius 1 is 0.295 bits per heavy atom. The first kappa shape index (κ1) is 55.5. The zero-order chi connectivity index (χ0) is 42.7. The average molecular weight is 1020 g/mol. The first-order valence-corrected chi connectivity index (χ1v) is 33.9. The van der Waals surface area contributed by atoms with Crippen LogP contribution in [-0.4, -0.2) is 11.5 Å². The molecule has 0 aliphatic carbocycles. The van der Waals surface area contributed by atoms with Crippen molar-refractivity contribution in [3.63, 3.8) is 0 Å². The van der Waals surface area contributed by atoms with Crippen LogP contribution < -0.4 is 0 Å². The van der Waals surface area contributed by atoms with Crippen LogP contribution in [0.1, 0.15) is 239 Å². The highest BCUT2D eigenvalue weighted by atomic mass is 32.2. The van der Waals surface area contributed by atoms with Crippen LogP contribution in [0.25, 0.3) is 0 Å². The second kappa shape index (κ2) is 38.9. The van der Waals surface area contributed by atoms with Crippen molar-refractivity contribution in [3.05, 3.63) is 56.9 Å². The Morgan fingerprint density at radius 2 is 0.557 bits per heavy atom. The number of hydrogen-bond donors (Lipinski definition) is 0. The summed E-state index contributed by atoms with van der Waals surface area (Å²) in [6.07, 6.45) is 49.8. The normalized spacial score (nSPS) is 19.0. The van der Waals surface area contributed by atoms with Crippen LogP contribution in [0.15, 0.2) is 56.9 Å². The first-order valence-electron chi connectivity index (χ1n) is 25.2. The van der Waals surface area contributed by atoms with Gasteiger partial charge in [-0.2, -0.15) is 0 Å². The van der Waals surface area contributed by atoms with E-state index in [4.69, 9.17) is 0 Å². The summed E-state index contributed by atoms with van der Waals surface area (Å²) in [5.41, 5.74) is 0. The molecule has 4 rings (SSSR count). The van der Waals surface area contributed by atoms with Crippen molar-refractivity contribution in [1.29, 1.82) is 0 Å². The fraction of sp³-hybridized carbons (Fsp3) is 0.765. The molecule has 0 aromatic heterocycles. The Labute approximate surface area is 420 Å². The van der Waals surface area contributed by atoms with Crippen molar-refractivity contribution >= 4 is 118 Å². The third-order valence-electron chi connectivity index (χ3n) is 11.6. The molecule has 348 valence electrons. The molecule has 0 fully saturated rings. The molecule has 61 heavy (non-hydrogen) atoms. The van der Waals surface area contributed by atoms with E-state index in [1.807, 2.05) is 70.6 Å². The van der Waals surface area contributed by atoms with Gasteiger partial charge in [0.1, 0.15) is 0 Å². The van der Waals surface area contributed by atoms with Crippen molar-refractivity contribution in [2.24, 2.45) is 0 Å². The summed E-state index contributed by atoms with van der Waals surface area (Å²) >= 11 is 20.2. The van der Waals surface area contributed by atoms with Gasteiger partial charge in [0.2, 0.25) is 0 Å². The van der Waals surface area contributed by atoms with Gasteiger partial charge in [-0.3, -0.25) is 0 Å². The molecule has 0 unspecified atom stereocenters. The molecule has 0 saturated heterocycles. The minimum atomic E-state index is 1.25. The second-order valence-electron chi connectivity index (χ2n) is 17.2. The van der Waals surface area contributed by atoms with Gasteiger partial charge in [-0.05, 0) is 81.5 Å². The highest BCUT2D eigenvalue weighted by Gasteiger charge is 2.23. The van der Waals surface area contributed by atoms with Crippen LogP contribution in [0.2, 0.25) is 0 Å². The van der Waals surface area contributed by atoms with E-state index in [1.54, 1.807) is 9.81 Å². The van der Waals surface area contributed by atoms with Gasteiger partial charge in [0.05, 0.1) is 25.4 Å². The number of thioether (sulfide) groups is 10. The van der Waals surface area contributed by atoms with E-state index in [1.165, 1.54) is 262 Å². The molecule has 0 nitrogen and oxygen atoms in total. The first-order chi connectivity index (χ1) is 30.2. The van der Waals surface area contributed by atoms with Crippen LogP contribution in [0, 0.1) is 0 Å². The van der Waals surface area contributed by atoms with Gasteiger partial charge in [-0.15, -0.1) is 23.5 Å². The lowest BCUT2D eigenvalue weighted by atomic mass is 10.0. The molecule has 4 aliphatic heterocycles. The largest absolute Gasteiger partial charge is 0.118 e. The summed E-state index contributed by atoms with van der Waals surface area (Å²) in [6, 6.07) is 0. The number of rotatable bonds is 40. The zero-order valence-corrected chi connectivity index (χ0v) is 46.7. The van der Waals surface area contributed by atoms with Gasteiger partial charge >= 0.3 is 0 Å². The molecule has 0 saturated carbocycles. The summed E-state index contributed by atoms with van der Waals surface area (Å²) in [6.45, 7) is 4.62. The molecule has 0 amide bonds. The zero-order valence-electron chi connectivity index (χ0n) is 38.6. The molecule has 0 bridgehead atoms. The van der Waals surface area contributed by atoms with Gasteiger partial charge in [0.25, 0.3) is 0 Å². The Hall–Kier alpha value is 1.94. The van der Waals surface area contributed by atoms with Crippen molar-refractivity contribution in [2.45, 2.75) is 239 Å². The SMILES string of the molecule is CCCCCCCCCCCCCCCCCC1=CS/C(=C2\SC=C(SCCCCCSC3=CS/C(=C4\SC=C(CCCCCCCCCCCCCCCCC)S4)S3)S2)S1. The highest BCUT2D eigenvalue weighted by molar-refractivity contribution is 8.38. The maximum absolute atomic E-state index is 2.44. The predicted octanol–water partition coefficient (Wildman–Crippen LogP) is 23.6. The minimum absolute atomic E-state index is 1.25. The van der Waals surface area contributed by atoms with Gasteiger partial charge in [-0.1, -0.05) is 294 Å². The van der Waals surface area contributed by atoms with Crippen LogP contribution in [0.4, 0.5) is 0 Å². The molecule has 0 spiro atoms. The van der Waals surface area contributed by atoms with Gasteiger partial charge < -0.3 is 0 Å². The molecule has 4 heterocycles. The number of allylic oxidation sites excluding steroid dienone is 2. The van der Waals surface area contributed by atoms with E-state index >= 15 is 0 Å². The predicted molar refractivity (Wildman–Crippen MR) is 305 cm³/mol. The minimum Gasteiger partial charge on any atom is -0.118 e. The standard InChI is InChI=1S/C51H84S10/c1-3-5-7-9-11-13-15-17-19-21-23-25-27-29-32-36-44-40-54-48(58-44)50-56-42-46(60-50)52-38-34-31-35-39-53-47-43-57-51(61-47)49-55-41-45(59-49)37-33-30-28-26-24-22-20-18-16-14-12-10-8-6-4-2/h40-43H,3-39H2,1-2H3/b50-48-,51-49-. The average Bonchev–Trinajstić information content (AvgIpc) is 4.12. The maximum atomic E-state index is 2.44. The fourth-order valence-corrected chi connectivity index (χ4v) is 20.8.